The van der Waals surface area contributed by atoms with Crippen LogP contribution in [0.25, 0.3) is 5.57 Å². The fraction of sp³-hybridized carbons (Fsp3) is 0.250. The van der Waals surface area contributed by atoms with E-state index in [0.717, 1.165) is 11.1 Å². The number of likely N-dealkylation sites (N-methyl/N-ethyl adjacent to an activating group) is 1. The number of carbonyl (C=O) groups excluding carboxylic acids is 2. The first kappa shape index (κ1) is 15.0. The van der Waals surface area contributed by atoms with Crippen LogP contribution in [0.2, 0.25) is 0 Å². The topological polar surface area (TPSA) is 75.4 Å². The van der Waals surface area contributed by atoms with E-state index < -0.39 is 12.1 Å². The molecule has 1 aromatic carbocycles. The predicted octanol–water partition coefficient (Wildman–Crippen LogP) is 0.888. The summed E-state index contributed by atoms with van der Waals surface area (Å²) < 4.78 is 0. The number of allylic oxidation sites excluding steroid dienone is 2. The molecule has 0 aromatic heterocycles. The second-order valence-corrected chi connectivity index (χ2v) is 5.03. The number of nitrogens with zero attached hydrogens (tertiary/aromatic N) is 1. The molecule has 2 atom stereocenters. The van der Waals surface area contributed by atoms with E-state index in [1.165, 1.54) is 4.90 Å². The van der Waals surface area contributed by atoms with Crippen LogP contribution in [0, 0.1) is 0 Å². The molecule has 0 aliphatic carbocycles. The number of nitrogens with two attached hydrogens (primary N) is 1. The van der Waals surface area contributed by atoms with Crippen LogP contribution in [0.15, 0.2) is 48.7 Å². The molecule has 3 N–H and O–H groups in total. The fourth-order valence-corrected chi connectivity index (χ4v) is 2.00. The molecule has 2 unspecified atom stereocenters. The highest BCUT2D eigenvalue weighted by atomic mass is 16.2. The van der Waals surface area contributed by atoms with Gasteiger partial charge in [0, 0.05) is 13.2 Å². The smallest absolute Gasteiger partial charge is 0.252 e. The van der Waals surface area contributed by atoms with Gasteiger partial charge in [-0.05, 0) is 30.2 Å². The van der Waals surface area contributed by atoms with E-state index in [-0.39, 0.29) is 11.8 Å². The minimum atomic E-state index is -0.723. The summed E-state index contributed by atoms with van der Waals surface area (Å²) in [5, 5.41) is 2.67. The number of carbonyl (C=O) groups is 2. The molecule has 110 valence electrons. The van der Waals surface area contributed by atoms with E-state index in [1.54, 1.807) is 26.2 Å². The lowest BCUT2D eigenvalue weighted by Gasteiger charge is -2.19. The van der Waals surface area contributed by atoms with Gasteiger partial charge in [0.2, 0.25) is 5.91 Å². The second kappa shape index (κ2) is 6.37. The summed E-state index contributed by atoms with van der Waals surface area (Å²) in [4.78, 5) is 25.5. The number of hydrogen-bond acceptors (Lipinski definition) is 3. The van der Waals surface area contributed by atoms with Crippen molar-refractivity contribution in [3.63, 3.8) is 0 Å². The zero-order valence-electron chi connectivity index (χ0n) is 12.1. The first-order valence-electron chi connectivity index (χ1n) is 6.77. The van der Waals surface area contributed by atoms with Crippen molar-refractivity contribution in [1.82, 2.24) is 10.2 Å². The molecule has 0 saturated heterocycles. The molecule has 1 heterocycles. The van der Waals surface area contributed by atoms with Crippen LogP contribution in [0.3, 0.4) is 0 Å². The maximum absolute atomic E-state index is 12.3. The van der Waals surface area contributed by atoms with Gasteiger partial charge in [-0.3, -0.25) is 9.59 Å². The van der Waals surface area contributed by atoms with Crippen LogP contribution in [0.5, 0.6) is 0 Å². The van der Waals surface area contributed by atoms with Gasteiger partial charge in [0.25, 0.3) is 5.91 Å². The summed E-state index contributed by atoms with van der Waals surface area (Å²) in [6, 6.07) is 8.31. The fourth-order valence-electron chi connectivity index (χ4n) is 2.00. The third-order valence-electron chi connectivity index (χ3n) is 3.26. The molecule has 5 nitrogen and oxygen atoms in total. The highest BCUT2D eigenvalue weighted by Crippen LogP contribution is 2.19. The molecule has 1 aliphatic heterocycles. The Morgan fingerprint density at radius 3 is 2.62 bits per heavy atom. The van der Waals surface area contributed by atoms with E-state index in [4.69, 9.17) is 5.73 Å². The summed E-state index contributed by atoms with van der Waals surface area (Å²) in [6.07, 6.45) is 5.29. The maximum atomic E-state index is 12.3. The number of amides is 2. The summed E-state index contributed by atoms with van der Waals surface area (Å²) in [7, 11) is 1.66. The minimum absolute atomic E-state index is 0.203. The normalized spacial score (nSPS) is 19.8. The first-order chi connectivity index (χ1) is 9.99. The molecule has 0 radical (unpaired) electrons. The van der Waals surface area contributed by atoms with Crippen molar-refractivity contribution in [1.29, 1.82) is 0 Å². The Balaban J connectivity index is 2.33. The van der Waals surface area contributed by atoms with Gasteiger partial charge in [0.15, 0.2) is 0 Å². The largest absolute Gasteiger partial charge is 0.340 e. The van der Waals surface area contributed by atoms with Gasteiger partial charge >= 0.3 is 0 Å². The molecule has 2 amide bonds. The van der Waals surface area contributed by atoms with Gasteiger partial charge in [0.05, 0.1) is 6.04 Å². The molecule has 0 spiro atoms. The van der Waals surface area contributed by atoms with Gasteiger partial charge in [0.1, 0.15) is 6.04 Å². The van der Waals surface area contributed by atoms with Crippen molar-refractivity contribution in [3.8, 4) is 0 Å². The Kier molecular flexibility index (Phi) is 4.55. The molecule has 0 bridgehead atoms. The lowest BCUT2D eigenvalue weighted by molar-refractivity contribution is -0.132. The molecule has 21 heavy (non-hydrogen) atoms. The SMILES string of the molecule is CC(N)C(=O)NC1C=C(c2ccccc2)C=CN(C)C1=O. The van der Waals surface area contributed by atoms with Crippen molar-refractivity contribution >= 4 is 17.4 Å². The van der Waals surface area contributed by atoms with E-state index in [1.807, 2.05) is 36.4 Å². The summed E-state index contributed by atoms with van der Waals surface area (Å²) in [5.41, 5.74) is 7.41. The maximum Gasteiger partial charge on any atom is 0.252 e. The lowest BCUT2D eigenvalue weighted by Crippen LogP contribution is -2.49. The van der Waals surface area contributed by atoms with Crippen LogP contribution in [0.4, 0.5) is 0 Å². The van der Waals surface area contributed by atoms with Crippen LogP contribution in [0.1, 0.15) is 12.5 Å². The molecule has 0 fully saturated rings. The highest BCUT2D eigenvalue weighted by Gasteiger charge is 2.24. The average molecular weight is 285 g/mol. The van der Waals surface area contributed by atoms with Crippen molar-refractivity contribution in [2.24, 2.45) is 5.73 Å². The zero-order valence-corrected chi connectivity index (χ0v) is 12.1. The van der Waals surface area contributed by atoms with E-state index in [2.05, 4.69) is 5.32 Å². The van der Waals surface area contributed by atoms with Gasteiger partial charge in [-0.25, -0.2) is 0 Å². The van der Waals surface area contributed by atoms with Crippen molar-refractivity contribution in [3.05, 3.63) is 54.2 Å². The lowest BCUT2D eigenvalue weighted by atomic mass is 10.0. The molecule has 2 rings (SSSR count). The summed E-state index contributed by atoms with van der Waals surface area (Å²) in [5.74, 6) is -0.557. The van der Waals surface area contributed by atoms with Crippen molar-refractivity contribution in [2.75, 3.05) is 7.05 Å². The quantitative estimate of drug-likeness (QED) is 0.866. The minimum Gasteiger partial charge on any atom is -0.340 e. The second-order valence-electron chi connectivity index (χ2n) is 5.03. The van der Waals surface area contributed by atoms with Gasteiger partial charge < -0.3 is 16.0 Å². The van der Waals surface area contributed by atoms with E-state index in [9.17, 15) is 9.59 Å². The Morgan fingerprint density at radius 2 is 2.00 bits per heavy atom. The van der Waals surface area contributed by atoms with Crippen LogP contribution < -0.4 is 11.1 Å². The first-order valence-corrected chi connectivity index (χ1v) is 6.77. The van der Waals surface area contributed by atoms with Gasteiger partial charge in [-0.2, -0.15) is 0 Å². The third kappa shape index (κ3) is 3.58. The van der Waals surface area contributed by atoms with E-state index >= 15 is 0 Å². The molecular formula is C16H19N3O2. The predicted molar refractivity (Wildman–Crippen MR) is 81.9 cm³/mol. The average Bonchev–Trinajstić information content (AvgIpc) is 2.62. The monoisotopic (exact) mass is 285 g/mol. The Morgan fingerprint density at radius 1 is 1.33 bits per heavy atom. The molecule has 1 aromatic rings. The van der Waals surface area contributed by atoms with Crippen molar-refractivity contribution in [2.45, 2.75) is 19.0 Å². The van der Waals surface area contributed by atoms with Crippen molar-refractivity contribution < 1.29 is 9.59 Å². The summed E-state index contributed by atoms with van der Waals surface area (Å²) in [6.45, 7) is 1.58. The number of hydrogen-bond donors (Lipinski definition) is 2. The molecule has 0 saturated carbocycles. The number of nitrogens with one attached hydrogen (secondary N) is 1. The van der Waals surface area contributed by atoms with Gasteiger partial charge in [-0.1, -0.05) is 30.3 Å². The van der Waals surface area contributed by atoms with Crippen LogP contribution >= 0.6 is 0 Å². The highest BCUT2D eigenvalue weighted by molar-refractivity contribution is 5.94. The Bertz CT molecular complexity index is 591. The van der Waals surface area contributed by atoms with Crippen LogP contribution in [-0.2, 0) is 9.59 Å². The number of benzene rings is 1. The third-order valence-corrected chi connectivity index (χ3v) is 3.26. The summed E-state index contributed by atoms with van der Waals surface area (Å²) >= 11 is 0. The standard InChI is InChI=1S/C16H19N3O2/c1-11(17)15(20)18-14-10-13(8-9-19(2)16(14)21)12-6-4-3-5-7-12/h3-11,14H,17H2,1-2H3,(H,18,20). The van der Waals surface area contributed by atoms with Crippen LogP contribution in [-0.4, -0.2) is 35.8 Å². The van der Waals surface area contributed by atoms with E-state index in [0.29, 0.717) is 0 Å². The zero-order chi connectivity index (χ0) is 15.4. The Labute approximate surface area is 124 Å². The molecular weight excluding hydrogens is 266 g/mol. The Hall–Kier alpha value is -2.40. The molecule has 1 aliphatic rings. The molecule has 5 heteroatoms. The number of rotatable bonds is 3. The van der Waals surface area contributed by atoms with Gasteiger partial charge in [-0.15, -0.1) is 0 Å².